The Labute approximate surface area is 79.2 Å². The molecule has 0 spiro atoms. The summed E-state index contributed by atoms with van der Waals surface area (Å²) in [5, 5.41) is 3.39. The maximum absolute atomic E-state index is 5.45. The van der Waals surface area contributed by atoms with Gasteiger partial charge < -0.3 is 14.8 Å². The van der Waals surface area contributed by atoms with Gasteiger partial charge in [-0.05, 0) is 0 Å². The van der Waals surface area contributed by atoms with Crippen LogP contribution in [0.1, 0.15) is 0 Å². The fourth-order valence-corrected chi connectivity index (χ4v) is 2.16. The fourth-order valence-electron chi connectivity index (χ4n) is 2.16. The monoisotopic (exact) mass is 193 g/mol. The van der Waals surface area contributed by atoms with Crippen molar-refractivity contribution in [3.63, 3.8) is 0 Å². The molecule has 72 valence electrons. The first kappa shape index (κ1) is 10.3. The predicted molar refractivity (Wildman–Crippen MR) is 48.7 cm³/mol. The van der Waals surface area contributed by atoms with Crippen molar-refractivity contribution < 1.29 is 9.47 Å². The molecule has 0 amide bonds. The maximum atomic E-state index is 5.45. The Morgan fingerprint density at radius 3 is 3.25 bits per heavy atom. The van der Waals surface area contributed by atoms with Crippen LogP contribution >= 0.6 is 12.4 Å². The van der Waals surface area contributed by atoms with Gasteiger partial charge in [0.2, 0.25) is 0 Å². The van der Waals surface area contributed by atoms with Crippen LogP contribution in [0.3, 0.4) is 0 Å². The van der Waals surface area contributed by atoms with Crippen LogP contribution < -0.4 is 5.32 Å². The van der Waals surface area contributed by atoms with Gasteiger partial charge in [0, 0.05) is 31.5 Å². The molecule has 3 nitrogen and oxygen atoms in total. The van der Waals surface area contributed by atoms with Crippen molar-refractivity contribution >= 4 is 12.4 Å². The third-order valence-electron chi connectivity index (χ3n) is 2.87. The Hall–Kier alpha value is 0.170. The first-order valence-electron chi connectivity index (χ1n) is 4.15. The minimum absolute atomic E-state index is 0. The molecule has 2 aliphatic heterocycles. The minimum Gasteiger partial charge on any atom is -0.384 e. The number of halogens is 1. The zero-order chi connectivity index (χ0) is 7.73. The number of nitrogens with one attached hydrogen (secondary N) is 1. The lowest BCUT2D eigenvalue weighted by Gasteiger charge is -2.24. The molecular weight excluding hydrogens is 178 g/mol. The highest BCUT2D eigenvalue weighted by Gasteiger charge is 2.47. The van der Waals surface area contributed by atoms with Crippen LogP contribution in [0.4, 0.5) is 0 Å². The summed E-state index contributed by atoms with van der Waals surface area (Å²) in [7, 11) is 1.77. The lowest BCUT2D eigenvalue weighted by molar-refractivity contribution is 0.0646. The average molecular weight is 194 g/mol. The molecule has 2 unspecified atom stereocenters. The molecule has 4 heteroatoms. The van der Waals surface area contributed by atoms with Crippen LogP contribution in [-0.4, -0.2) is 40.0 Å². The van der Waals surface area contributed by atoms with Gasteiger partial charge in [-0.2, -0.15) is 0 Å². The third kappa shape index (κ3) is 1.46. The molecule has 2 heterocycles. The summed E-state index contributed by atoms with van der Waals surface area (Å²) in [5.74, 6) is 0.683. The SMILES string of the molecule is COCC12CNCC1COC2.Cl. The van der Waals surface area contributed by atoms with E-state index < -0.39 is 0 Å². The van der Waals surface area contributed by atoms with Crippen LogP contribution in [0.15, 0.2) is 0 Å². The normalized spacial score (nSPS) is 39.2. The van der Waals surface area contributed by atoms with E-state index in [0.717, 1.165) is 32.9 Å². The van der Waals surface area contributed by atoms with Crippen LogP contribution in [0, 0.1) is 11.3 Å². The Morgan fingerprint density at radius 2 is 2.50 bits per heavy atom. The zero-order valence-electron chi connectivity index (χ0n) is 7.34. The molecule has 2 fully saturated rings. The molecule has 0 aliphatic carbocycles. The summed E-state index contributed by atoms with van der Waals surface area (Å²) >= 11 is 0. The molecular formula is C8H16ClNO2. The largest absolute Gasteiger partial charge is 0.384 e. The van der Waals surface area contributed by atoms with E-state index in [1.54, 1.807) is 7.11 Å². The molecule has 0 aromatic carbocycles. The van der Waals surface area contributed by atoms with Crippen LogP contribution in [0.2, 0.25) is 0 Å². The van der Waals surface area contributed by atoms with E-state index in [0.29, 0.717) is 11.3 Å². The van der Waals surface area contributed by atoms with Crippen molar-refractivity contribution in [2.24, 2.45) is 11.3 Å². The lowest BCUT2D eigenvalue weighted by atomic mass is 9.82. The number of hydrogen-bond donors (Lipinski definition) is 1. The second-order valence-electron chi connectivity index (χ2n) is 3.64. The van der Waals surface area contributed by atoms with Crippen molar-refractivity contribution in [3.05, 3.63) is 0 Å². The van der Waals surface area contributed by atoms with Gasteiger partial charge in [-0.15, -0.1) is 12.4 Å². The van der Waals surface area contributed by atoms with E-state index in [1.165, 1.54) is 0 Å². The Bertz CT molecular complexity index is 144. The maximum Gasteiger partial charge on any atom is 0.0560 e. The highest BCUT2D eigenvalue weighted by molar-refractivity contribution is 5.85. The Morgan fingerprint density at radius 1 is 1.67 bits per heavy atom. The summed E-state index contributed by atoms with van der Waals surface area (Å²) in [6.45, 7) is 4.79. The van der Waals surface area contributed by atoms with Crippen molar-refractivity contribution in [3.8, 4) is 0 Å². The molecule has 2 saturated heterocycles. The van der Waals surface area contributed by atoms with Crippen molar-refractivity contribution in [1.29, 1.82) is 0 Å². The van der Waals surface area contributed by atoms with E-state index in [2.05, 4.69) is 5.32 Å². The van der Waals surface area contributed by atoms with Crippen molar-refractivity contribution in [2.45, 2.75) is 0 Å². The molecule has 0 saturated carbocycles. The highest BCUT2D eigenvalue weighted by atomic mass is 35.5. The molecule has 0 radical (unpaired) electrons. The summed E-state index contributed by atoms with van der Waals surface area (Å²) in [4.78, 5) is 0. The summed E-state index contributed by atoms with van der Waals surface area (Å²) in [6.07, 6.45) is 0. The van der Waals surface area contributed by atoms with Gasteiger partial charge >= 0.3 is 0 Å². The number of ether oxygens (including phenoxy) is 2. The first-order chi connectivity index (χ1) is 5.37. The second-order valence-corrected chi connectivity index (χ2v) is 3.64. The highest BCUT2D eigenvalue weighted by Crippen LogP contribution is 2.37. The average Bonchev–Trinajstić information content (AvgIpc) is 2.45. The van der Waals surface area contributed by atoms with E-state index in [-0.39, 0.29) is 12.4 Å². The van der Waals surface area contributed by atoms with Gasteiger partial charge in [0.25, 0.3) is 0 Å². The lowest BCUT2D eigenvalue weighted by Crippen LogP contribution is -2.34. The second kappa shape index (κ2) is 3.92. The van der Waals surface area contributed by atoms with Gasteiger partial charge in [-0.1, -0.05) is 0 Å². The summed E-state index contributed by atoms with van der Waals surface area (Å²) < 4.78 is 10.7. The smallest absolute Gasteiger partial charge is 0.0560 e. The fraction of sp³-hybridized carbons (Fsp3) is 1.00. The van der Waals surface area contributed by atoms with E-state index >= 15 is 0 Å². The quantitative estimate of drug-likeness (QED) is 0.684. The predicted octanol–water partition coefficient (Wildman–Crippen LogP) is 0.291. The van der Waals surface area contributed by atoms with Crippen molar-refractivity contribution in [2.75, 3.05) is 40.0 Å². The minimum atomic E-state index is 0. The molecule has 12 heavy (non-hydrogen) atoms. The van der Waals surface area contributed by atoms with Gasteiger partial charge in [0.1, 0.15) is 0 Å². The number of rotatable bonds is 2. The van der Waals surface area contributed by atoms with Crippen molar-refractivity contribution in [1.82, 2.24) is 5.32 Å². The standard InChI is InChI=1S/C8H15NO2.ClH/c1-10-5-8-4-9-2-7(8)3-11-6-8;/h7,9H,2-6H2,1H3;1H. The molecule has 0 aromatic heterocycles. The first-order valence-corrected chi connectivity index (χ1v) is 4.15. The summed E-state index contributed by atoms with van der Waals surface area (Å²) in [5.41, 5.74) is 0.300. The summed E-state index contributed by atoms with van der Waals surface area (Å²) in [6, 6.07) is 0. The molecule has 2 rings (SSSR count). The van der Waals surface area contributed by atoms with Gasteiger partial charge in [0.15, 0.2) is 0 Å². The third-order valence-corrected chi connectivity index (χ3v) is 2.87. The number of fused-ring (bicyclic) bond motifs is 1. The van der Waals surface area contributed by atoms with E-state index in [4.69, 9.17) is 9.47 Å². The van der Waals surface area contributed by atoms with Gasteiger partial charge in [0.05, 0.1) is 19.8 Å². The van der Waals surface area contributed by atoms with E-state index in [1.807, 2.05) is 0 Å². The molecule has 2 aliphatic rings. The molecule has 1 N–H and O–H groups in total. The molecule has 2 atom stereocenters. The Kier molecular flexibility index (Phi) is 3.35. The molecule has 0 aromatic rings. The topological polar surface area (TPSA) is 30.5 Å². The van der Waals surface area contributed by atoms with Crippen LogP contribution in [0.5, 0.6) is 0 Å². The number of hydrogen-bond acceptors (Lipinski definition) is 3. The number of methoxy groups -OCH3 is 1. The van der Waals surface area contributed by atoms with E-state index in [9.17, 15) is 0 Å². The van der Waals surface area contributed by atoms with Crippen LogP contribution in [-0.2, 0) is 9.47 Å². The Balaban J connectivity index is 0.000000720. The molecule has 0 bridgehead atoms. The van der Waals surface area contributed by atoms with Crippen LogP contribution in [0.25, 0.3) is 0 Å². The van der Waals surface area contributed by atoms with Gasteiger partial charge in [-0.3, -0.25) is 0 Å². The zero-order valence-corrected chi connectivity index (χ0v) is 8.15. The van der Waals surface area contributed by atoms with Gasteiger partial charge in [-0.25, -0.2) is 0 Å².